The summed E-state index contributed by atoms with van der Waals surface area (Å²) in [6.07, 6.45) is 5.87. The lowest BCUT2D eigenvalue weighted by Crippen LogP contribution is -3.20. The first-order valence-corrected chi connectivity index (χ1v) is 6.41. The molecule has 2 nitrogen and oxygen atoms in total. The lowest BCUT2D eigenvalue weighted by molar-refractivity contribution is -0.955. The number of rotatable bonds is 1. The van der Waals surface area contributed by atoms with E-state index in [0.717, 1.165) is 12.0 Å². The van der Waals surface area contributed by atoms with E-state index in [9.17, 15) is 0 Å². The van der Waals surface area contributed by atoms with Crippen molar-refractivity contribution in [3.05, 3.63) is 0 Å². The molecule has 2 rings (SSSR count). The Morgan fingerprint density at radius 1 is 0.857 bits per heavy atom. The van der Waals surface area contributed by atoms with Crippen LogP contribution in [0.15, 0.2) is 0 Å². The van der Waals surface area contributed by atoms with E-state index in [1.807, 2.05) is 4.90 Å². The Labute approximate surface area is 88.3 Å². The lowest BCUT2D eigenvalue weighted by Gasteiger charge is -2.36. The highest BCUT2D eigenvalue weighted by Crippen LogP contribution is 2.08. The molecule has 14 heavy (non-hydrogen) atoms. The molecule has 2 heterocycles. The topological polar surface area (TPSA) is 8.88 Å². The fraction of sp³-hybridized carbons (Fsp3) is 1.00. The number of nitrogens with one attached hydrogen (secondary N) is 2. The molecule has 2 N–H and O–H groups in total. The zero-order valence-corrected chi connectivity index (χ0v) is 9.81. The summed E-state index contributed by atoms with van der Waals surface area (Å²) < 4.78 is 0. The smallest absolute Gasteiger partial charge is 0.0983 e. The second-order valence-corrected chi connectivity index (χ2v) is 5.57. The van der Waals surface area contributed by atoms with Gasteiger partial charge in [-0.05, 0) is 18.8 Å². The second kappa shape index (κ2) is 4.63. The Hall–Kier alpha value is -0.0800. The Bertz CT molecular complexity index is 145. The van der Waals surface area contributed by atoms with Crippen LogP contribution in [0.1, 0.15) is 32.6 Å². The quantitative estimate of drug-likeness (QED) is 0.534. The maximum Gasteiger partial charge on any atom is 0.0983 e. The number of quaternary nitrogens is 2. The van der Waals surface area contributed by atoms with Crippen molar-refractivity contribution in [3.63, 3.8) is 0 Å². The number of piperidine rings is 2. The van der Waals surface area contributed by atoms with E-state index in [2.05, 4.69) is 14.0 Å². The third-order valence-corrected chi connectivity index (χ3v) is 4.33. The summed E-state index contributed by atoms with van der Waals surface area (Å²) in [7, 11) is 2.34. The summed E-state index contributed by atoms with van der Waals surface area (Å²) >= 11 is 0. The molecule has 0 spiro atoms. The molecule has 0 aromatic rings. The van der Waals surface area contributed by atoms with Crippen LogP contribution in [0.4, 0.5) is 0 Å². The first-order valence-electron chi connectivity index (χ1n) is 6.41. The lowest BCUT2D eigenvalue weighted by atomic mass is 9.95. The van der Waals surface area contributed by atoms with Gasteiger partial charge in [-0.2, -0.15) is 0 Å². The van der Waals surface area contributed by atoms with Crippen LogP contribution >= 0.6 is 0 Å². The van der Waals surface area contributed by atoms with Gasteiger partial charge in [-0.3, -0.25) is 0 Å². The average molecular weight is 198 g/mol. The van der Waals surface area contributed by atoms with E-state index in [1.165, 1.54) is 51.9 Å². The van der Waals surface area contributed by atoms with Crippen LogP contribution in [0, 0.1) is 5.92 Å². The number of hydrogen-bond acceptors (Lipinski definition) is 0. The van der Waals surface area contributed by atoms with E-state index >= 15 is 0 Å². The summed E-state index contributed by atoms with van der Waals surface area (Å²) in [5.41, 5.74) is 0. The maximum atomic E-state index is 2.41. The second-order valence-electron chi connectivity index (χ2n) is 5.57. The Morgan fingerprint density at radius 2 is 1.43 bits per heavy atom. The molecule has 2 aliphatic rings. The van der Waals surface area contributed by atoms with Gasteiger partial charge in [0.05, 0.1) is 39.3 Å². The van der Waals surface area contributed by atoms with Crippen LogP contribution in [0.5, 0.6) is 0 Å². The molecule has 0 unspecified atom stereocenters. The van der Waals surface area contributed by atoms with Crippen molar-refractivity contribution in [2.75, 3.05) is 33.2 Å². The molecular weight excluding hydrogens is 172 g/mol. The minimum Gasteiger partial charge on any atom is -0.337 e. The van der Waals surface area contributed by atoms with Gasteiger partial charge < -0.3 is 9.80 Å². The molecule has 2 fully saturated rings. The Balaban J connectivity index is 1.78. The highest BCUT2D eigenvalue weighted by Gasteiger charge is 2.30. The maximum absolute atomic E-state index is 2.41. The van der Waals surface area contributed by atoms with Crippen molar-refractivity contribution in [1.29, 1.82) is 0 Å². The molecule has 0 aromatic heterocycles. The fourth-order valence-electron chi connectivity index (χ4n) is 3.06. The molecule has 2 aliphatic heterocycles. The summed E-state index contributed by atoms with van der Waals surface area (Å²) in [6, 6.07) is 1.01. The molecular formula is C12H26N2+2. The first-order chi connectivity index (χ1) is 6.75. The van der Waals surface area contributed by atoms with Gasteiger partial charge >= 0.3 is 0 Å². The normalized spacial score (nSPS) is 45.0. The summed E-state index contributed by atoms with van der Waals surface area (Å²) in [5, 5.41) is 0. The fourth-order valence-corrected chi connectivity index (χ4v) is 3.06. The average Bonchev–Trinajstić information content (AvgIpc) is 2.21. The largest absolute Gasteiger partial charge is 0.337 e. The molecule has 0 saturated carbocycles. The molecule has 82 valence electrons. The van der Waals surface area contributed by atoms with Gasteiger partial charge in [0, 0.05) is 12.8 Å². The van der Waals surface area contributed by atoms with Gasteiger partial charge in [0.25, 0.3) is 0 Å². The van der Waals surface area contributed by atoms with Crippen molar-refractivity contribution in [1.82, 2.24) is 0 Å². The van der Waals surface area contributed by atoms with Gasteiger partial charge in [-0.15, -0.1) is 0 Å². The van der Waals surface area contributed by atoms with Gasteiger partial charge in [0.2, 0.25) is 0 Å². The van der Waals surface area contributed by atoms with E-state index < -0.39 is 0 Å². The molecule has 0 bridgehead atoms. The molecule has 0 radical (unpaired) electrons. The third-order valence-electron chi connectivity index (χ3n) is 4.33. The van der Waals surface area contributed by atoms with Crippen molar-refractivity contribution >= 4 is 0 Å². The predicted molar refractivity (Wildman–Crippen MR) is 58.7 cm³/mol. The van der Waals surface area contributed by atoms with Crippen molar-refractivity contribution in [2.24, 2.45) is 5.92 Å². The molecule has 2 heteroatoms. The third kappa shape index (κ3) is 2.48. The van der Waals surface area contributed by atoms with E-state index in [1.54, 1.807) is 4.90 Å². The predicted octanol–water partition coefficient (Wildman–Crippen LogP) is -1.02. The van der Waals surface area contributed by atoms with Crippen LogP contribution in [0.2, 0.25) is 0 Å². The monoisotopic (exact) mass is 198 g/mol. The zero-order chi connectivity index (χ0) is 9.97. The minimum atomic E-state index is 0.996. The van der Waals surface area contributed by atoms with Gasteiger partial charge in [0.1, 0.15) is 0 Å². The van der Waals surface area contributed by atoms with Gasteiger partial charge in [0.15, 0.2) is 0 Å². The SMILES string of the molecule is CC1CC[NH+](C2CC[NH+](C)CC2)CC1. The first kappa shape index (κ1) is 10.4. The molecule has 0 aromatic carbocycles. The number of likely N-dealkylation sites (tertiary alicyclic amines) is 2. The standard InChI is InChI=1S/C12H24N2/c1-11-3-9-14(10-4-11)12-5-7-13(2)8-6-12/h11-12H,3-10H2,1-2H3/p+2. The van der Waals surface area contributed by atoms with E-state index in [4.69, 9.17) is 0 Å². The Kier molecular flexibility index (Phi) is 3.45. The number of hydrogen-bond donors (Lipinski definition) is 2. The van der Waals surface area contributed by atoms with Gasteiger partial charge in [-0.1, -0.05) is 6.92 Å². The molecule has 0 aliphatic carbocycles. The van der Waals surface area contributed by atoms with Crippen molar-refractivity contribution < 1.29 is 9.80 Å². The highest BCUT2D eigenvalue weighted by atomic mass is 15.2. The Morgan fingerprint density at radius 3 is 2.00 bits per heavy atom. The molecule has 2 saturated heterocycles. The minimum absolute atomic E-state index is 0.996. The zero-order valence-electron chi connectivity index (χ0n) is 9.81. The van der Waals surface area contributed by atoms with Crippen molar-refractivity contribution in [2.45, 2.75) is 38.6 Å². The van der Waals surface area contributed by atoms with Crippen LogP contribution < -0.4 is 9.80 Å². The van der Waals surface area contributed by atoms with Gasteiger partial charge in [-0.25, -0.2) is 0 Å². The van der Waals surface area contributed by atoms with Crippen LogP contribution in [-0.2, 0) is 0 Å². The molecule has 0 amide bonds. The van der Waals surface area contributed by atoms with Crippen LogP contribution in [0.3, 0.4) is 0 Å². The highest BCUT2D eigenvalue weighted by molar-refractivity contribution is 4.63. The molecule has 0 atom stereocenters. The van der Waals surface area contributed by atoms with Crippen LogP contribution in [-0.4, -0.2) is 39.3 Å². The summed E-state index contributed by atoms with van der Waals surface area (Å²) in [6.45, 7) is 8.12. The van der Waals surface area contributed by atoms with E-state index in [0.29, 0.717) is 0 Å². The summed E-state index contributed by atoms with van der Waals surface area (Å²) in [4.78, 5) is 3.67. The van der Waals surface area contributed by atoms with Crippen molar-refractivity contribution in [3.8, 4) is 0 Å². The summed E-state index contributed by atoms with van der Waals surface area (Å²) in [5.74, 6) is 0.996. The van der Waals surface area contributed by atoms with E-state index in [-0.39, 0.29) is 0 Å². The van der Waals surface area contributed by atoms with Crippen LogP contribution in [0.25, 0.3) is 0 Å².